The van der Waals surface area contributed by atoms with Crippen LogP contribution in [0.5, 0.6) is 0 Å². The number of hydrogen-bond acceptors (Lipinski definition) is 6. The molecule has 0 aliphatic rings. The zero-order valence-electron chi connectivity index (χ0n) is 16.3. The number of aromatic nitrogens is 1. The molecule has 0 fully saturated rings. The van der Waals surface area contributed by atoms with Crippen molar-refractivity contribution in [2.24, 2.45) is 5.92 Å². The Morgan fingerprint density at radius 1 is 1.50 bits per heavy atom. The fourth-order valence-corrected chi connectivity index (χ4v) is 2.91. The quantitative estimate of drug-likeness (QED) is 0.362. The van der Waals surface area contributed by atoms with Crippen LogP contribution in [0.3, 0.4) is 0 Å². The lowest BCUT2D eigenvalue weighted by atomic mass is 10.0. The van der Waals surface area contributed by atoms with Crippen molar-refractivity contribution >= 4 is 20.1 Å². The Bertz CT molecular complexity index is 705. The van der Waals surface area contributed by atoms with Crippen LogP contribution in [0.1, 0.15) is 33.3 Å². The number of nitrogens with one attached hydrogen (secondary N) is 2. The summed E-state index contributed by atoms with van der Waals surface area (Å²) in [5.41, 5.74) is 6.17. The van der Waals surface area contributed by atoms with Crippen LogP contribution in [-0.4, -0.2) is 31.0 Å². The Balaban J connectivity index is 2.73. The largest absolute Gasteiger partial charge is 0.478 e. The molecule has 1 rings (SSSR count). The van der Waals surface area contributed by atoms with E-state index in [-0.39, 0.29) is 16.5 Å². The fourth-order valence-electron chi connectivity index (χ4n) is 1.81. The zero-order chi connectivity index (χ0) is 20.0. The minimum Gasteiger partial charge on any atom is -0.478 e. The van der Waals surface area contributed by atoms with Crippen LogP contribution in [0.15, 0.2) is 30.1 Å². The van der Waals surface area contributed by atoms with Gasteiger partial charge >= 0.3 is 5.97 Å². The van der Waals surface area contributed by atoms with Gasteiger partial charge in [0.05, 0.1) is 17.2 Å². The molecule has 1 heterocycles. The lowest BCUT2D eigenvalue weighted by molar-refractivity contribution is -0.133. The van der Waals surface area contributed by atoms with E-state index >= 15 is 0 Å². The Labute approximate surface area is 156 Å². The van der Waals surface area contributed by atoms with E-state index in [0.717, 1.165) is 0 Å². The van der Waals surface area contributed by atoms with Gasteiger partial charge in [0.25, 0.3) is 0 Å². The fraction of sp³-hybridized carbons (Fsp3) is 0.500. The highest BCUT2D eigenvalue weighted by molar-refractivity contribution is 6.74. The molecule has 8 heteroatoms. The number of aliphatic carboxylic acids is 1. The highest BCUT2D eigenvalue weighted by Gasteiger charge is 2.37. The third kappa shape index (κ3) is 6.17. The number of rotatable bonds is 8. The maximum atomic E-state index is 11.6. The van der Waals surface area contributed by atoms with Gasteiger partial charge < -0.3 is 15.0 Å². The molecule has 1 aromatic rings. The summed E-state index contributed by atoms with van der Waals surface area (Å²) >= 11 is 0. The number of anilines is 1. The molecule has 3 N–H and O–H groups in total. The first-order valence-corrected chi connectivity index (χ1v) is 11.3. The number of hydrogen-bond donors (Lipinski definition) is 3. The van der Waals surface area contributed by atoms with Crippen molar-refractivity contribution in [3.05, 3.63) is 35.7 Å². The summed E-state index contributed by atoms with van der Waals surface area (Å²) in [4.78, 5) is 15.6. The smallest absolute Gasteiger partial charge is 0.333 e. The van der Waals surface area contributed by atoms with Crippen LogP contribution in [0, 0.1) is 17.2 Å². The summed E-state index contributed by atoms with van der Waals surface area (Å²) in [5, 5.41) is 18.4. The van der Waals surface area contributed by atoms with Crippen LogP contribution in [0.4, 0.5) is 5.82 Å². The molecular formula is C18H28N4O3Si. The van der Waals surface area contributed by atoms with Crippen LogP contribution < -0.4 is 10.9 Å². The molecular weight excluding hydrogens is 348 g/mol. The Morgan fingerprint density at radius 3 is 2.69 bits per heavy atom. The molecule has 26 heavy (non-hydrogen) atoms. The molecule has 0 bridgehead atoms. The van der Waals surface area contributed by atoms with Gasteiger partial charge in [0.1, 0.15) is 5.82 Å². The molecule has 1 aromatic heterocycles. The second kappa shape index (κ2) is 8.83. The molecule has 0 aliphatic heterocycles. The van der Waals surface area contributed by atoms with Crippen LogP contribution in [-0.2, 0) is 9.22 Å². The molecule has 0 spiro atoms. The van der Waals surface area contributed by atoms with Gasteiger partial charge in [-0.05, 0) is 30.3 Å². The number of nitrogens with zero attached hydrogens (tertiary/aromatic N) is 2. The number of carboxylic acids is 1. The molecule has 0 aromatic carbocycles. The maximum absolute atomic E-state index is 11.6. The van der Waals surface area contributed by atoms with Gasteiger partial charge in [0.15, 0.2) is 8.32 Å². The van der Waals surface area contributed by atoms with E-state index in [1.165, 1.54) is 12.4 Å². The standard InChI is InChI=1S/C18H28N4O3Si/c1-13(12-25-26(5,6)18(2,3)4)15(17(23)24)11-21-22-16-9-14(10-19)7-8-20-16/h7-9,11,13,21H,12H2,1-6H3,(H,20,22)(H,23,24). The minimum atomic E-state index is -1.94. The summed E-state index contributed by atoms with van der Waals surface area (Å²) in [5.74, 6) is -0.867. The third-order valence-corrected chi connectivity index (χ3v) is 9.10. The topological polar surface area (TPSA) is 107 Å². The van der Waals surface area contributed by atoms with Crippen LogP contribution in [0.25, 0.3) is 0 Å². The summed E-state index contributed by atoms with van der Waals surface area (Å²) in [6.07, 6.45) is 2.89. The van der Waals surface area contributed by atoms with Crippen molar-refractivity contribution in [3.8, 4) is 6.07 Å². The SMILES string of the molecule is CC(CO[Si](C)(C)C(C)(C)C)C(=CNNc1cc(C#N)ccn1)C(=O)O. The highest BCUT2D eigenvalue weighted by atomic mass is 28.4. The molecule has 0 saturated heterocycles. The average molecular weight is 377 g/mol. The summed E-state index contributed by atoms with van der Waals surface area (Å²) in [6.45, 7) is 12.9. The number of nitriles is 1. The van der Waals surface area contributed by atoms with Gasteiger partial charge in [-0.1, -0.05) is 27.7 Å². The predicted molar refractivity (Wildman–Crippen MR) is 104 cm³/mol. The molecule has 1 atom stereocenters. The van der Waals surface area contributed by atoms with Crippen LogP contribution >= 0.6 is 0 Å². The van der Waals surface area contributed by atoms with Gasteiger partial charge in [-0.2, -0.15) is 5.26 Å². The number of hydrazine groups is 1. The monoisotopic (exact) mass is 376 g/mol. The molecule has 0 radical (unpaired) electrons. The van der Waals surface area contributed by atoms with Crippen molar-refractivity contribution in [2.45, 2.75) is 45.8 Å². The zero-order valence-corrected chi connectivity index (χ0v) is 17.3. The lowest BCUT2D eigenvalue weighted by Gasteiger charge is -2.37. The van der Waals surface area contributed by atoms with E-state index in [1.54, 1.807) is 12.1 Å². The van der Waals surface area contributed by atoms with Crippen molar-refractivity contribution in [1.29, 1.82) is 5.26 Å². The Kier molecular flexibility index (Phi) is 7.36. The normalized spacial score (nSPS) is 13.7. The summed E-state index contributed by atoms with van der Waals surface area (Å²) < 4.78 is 6.12. The summed E-state index contributed by atoms with van der Waals surface area (Å²) in [7, 11) is -1.94. The van der Waals surface area contributed by atoms with Crippen molar-refractivity contribution < 1.29 is 14.3 Å². The van der Waals surface area contributed by atoms with Gasteiger partial charge in [-0.15, -0.1) is 0 Å². The first-order chi connectivity index (χ1) is 12.0. The molecule has 0 aliphatic carbocycles. The van der Waals surface area contributed by atoms with Crippen molar-refractivity contribution in [2.75, 3.05) is 12.0 Å². The van der Waals surface area contributed by atoms with Gasteiger partial charge in [0.2, 0.25) is 0 Å². The third-order valence-electron chi connectivity index (χ3n) is 4.60. The van der Waals surface area contributed by atoms with Gasteiger partial charge in [0, 0.05) is 24.9 Å². The second-order valence-corrected chi connectivity index (χ2v) is 12.5. The number of pyridine rings is 1. The molecule has 142 valence electrons. The first-order valence-electron chi connectivity index (χ1n) is 8.43. The maximum Gasteiger partial charge on any atom is 0.333 e. The van der Waals surface area contributed by atoms with Gasteiger partial charge in [-0.3, -0.25) is 5.43 Å². The van der Waals surface area contributed by atoms with Crippen molar-refractivity contribution in [3.63, 3.8) is 0 Å². The molecule has 1 unspecified atom stereocenters. The van der Waals surface area contributed by atoms with E-state index < -0.39 is 14.3 Å². The molecule has 7 nitrogen and oxygen atoms in total. The van der Waals surface area contributed by atoms with E-state index in [1.807, 2.05) is 13.0 Å². The second-order valence-electron chi connectivity index (χ2n) is 7.69. The summed E-state index contributed by atoms with van der Waals surface area (Å²) in [6, 6.07) is 5.16. The Morgan fingerprint density at radius 2 is 2.15 bits per heavy atom. The predicted octanol–water partition coefficient (Wildman–Crippen LogP) is 3.50. The van der Waals surface area contributed by atoms with E-state index in [9.17, 15) is 9.90 Å². The van der Waals surface area contributed by atoms with E-state index in [0.29, 0.717) is 18.0 Å². The number of carboxylic acid groups (broad SMARTS) is 1. The average Bonchev–Trinajstić information content (AvgIpc) is 2.55. The van der Waals surface area contributed by atoms with Crippen molar-refractivity contribution in [1.82, 2.24) is 10.4 Å². The minimum absolute atomic E-state index is 0.0665. The lowest BCUT2D eigenvalue weighted by Crippen LogP contribution is -2.42. The highest BCUT2D eigenvalue weighted by Crippen LogP contribution is 2.37. The van der Waals surface area contributed by atoms with E-state index in [4.69, 9.17) is 9.69 Å². The molecule has 0 saturated carbocycles. The first kappa shape index (κ1) is 21.7. The number of carbonyl (C=O) groups is 1. The Hall–Kier alpha value is -2.37. The van der Waals surface area contributed by atoms with Gasteiger partial charge in [-0.25, -0.2) is 9.78 Å². The van der Waals surface area contributed by atoms with Crippen LogP contribution in [0.2, 0.25) is 18.1 Å². The van der Waals surface area contributed by atoms with E-state index in [2.05, 4.69) is 49.7 Å². The molecule has 0 amide bonds.